The van der Waals surface area contributed by atoms with Crippen molar-refractivity contribution in [3.8, 4) is 11.1 Å². The van der Waals surface area contributed by atoms with Crippen molar-refractivity contribution in [2.75, 3.05) is 0 Å². The molecule has 0 amide bonds. The molecule has 2 aromatic carbocycles. The zero-order valence-electron chi connectivity index (χ0n) is 8.90. The van der Waals surface area contributed by atoms with E-state index in [1.54, 1.807) is 18.2 Å². The Morgan fingerprint density at radius 2 is 1.47 bits per heavy atom. The van der Waals surface area contributed by atoms with Gasteiger partial charge in [-0.1, -0.05) is 40.9 Å². The van der Waals surface area contributed by atoms with Gasteiger partial charge in [-0.25, -0.2) is 4.39 Å². The summed E-state index contributed by atoms with van der Waals surface area (Å²) in [5.41, 5.74) is 2.32. The summed E-state index contributed by atoms with van der Waals surface area (Å²) in [7, 11) is 0. The van der Waals surface area contributed by atoms with Crippen molar-refractivity contribution in [1.29, 1.82) is 0 Å². The van der Waals surface area contributed by atoms with Gasteiger partial charge >= 0.3 is 0 Å². The molecule has 2 rings (SSSR count). The van der Waals surface area contributed by atoms with Crippen molar-refractivity contribution in [2.45, 2.75) is 6.92 Å². The van der Waals surface area contributed by atoms with Crippen LogP contribution in [0.3, 0.4) is 0 Å². The van der Waals surface area contributed by atoms with Gasteiger partial charge in [-0.05, 0) is 42.3 Å². The standard InChI is InChI=1S/C13H8Cl3F/c1-7-2-3-8(17)4-9(7)10-5-12(15)13(16)6-11(10)14/h2-6H,1H3. The van der Waals surface area contributed by atoms with Crippen molar-refractivity contribution >= 4 is 34.8 Å². The zero-order valence-corrected chi connectivity index (χ0v) is 11.2. The fourth-order valence-corrected chi connectivity index (χ4v) is 2.26. The van der Waals surface area contributed by atoms with Crippen LogP contribution in [-0.2, 0) is 0 Å². The first-order valence-electron chi connectivity index (χ1n) is 4.90. The van der Waals surface area contributed by atoms with E-state index in [2.05, 4.69) is 0 Å². The fourth-order valence-electron chi connectivity index (χ4n) is 1.61. The van der Waals surface area contributed by atoms with E-state index in [9.17, 15) is 4.39 Å². The van der Waals surface area contributed by atoms with Gasteiger partial charge in [0.1, 0.15) is 5.82 Å². The molecule has 0 heterocycles. The second-order valence-corrected chi connectivity index (χ2v) is 4.93. The molecule has 17 heavy (non-hydrogen) atoms. The summed E-state index contributed by atoms with van der Waals surface area (Å²) >= 11 is 17.9. The highest BCUT2D eigenvalue weighted by Gasteiger charge is 2.10. The van der Waals surface area contributed by atoms with Gasteiger partial charge in [0.05, 0.1) is 10.0 Å². The van der Waals surface area contributed by atoms with E-state index in [1.165, 1.54) is 12.1 Å². The minimum absolute atomic E-state index is 0.312. The Kier molecular flexibility index (Phi) is 3.62. The molecule has 88 valence electrons. The van der Waals surface area contributed by atoms with Crippen LogP contribution in [0.1, 0.15) is 5.56 Å². The Labute approximate surface area is 114 Å². The molecule has 0 nitrogen and oxygen atoms in total. The number of benzene rings is 2. The Morgan fingerprint density at radius 1 is 0.824 bits per heavy atom. The molecule has 4 heteroatoms. The van der Waals surface area contributed by atoms with E-state index < -0.39 is 0 Å². The molecule has 0 spiro atoms. The van der Waals surface area contributed by atoms with E-state index in [1.807, 2.05) is 6.92 Å². The van der Waals surface area contributed by atoms with Crippen molar-refractivity contribution in [1.82, 2.24) is 0 Å². The zero-order chi connectivity index (χ0) is 12.6. The topological polar surface area (TPSA) is 0 Å². The highest BCUT2D eigenvalue weighted by atomic mass is 35.5. The van der Waals surface area contributed by atoms with Crippen LogP contribution in [0.5, 0.6) is 0 Å². The average Bonchev–Trinajstić information content (AvgIpc) is 2.27. The van der Waals surface area contributed by atoms with Gasteiger partial charge in [-0.2, -0.15) is 0 Å². The molecule has 0 unspecified atom stereocenters. The fraction of sp³-hybridized carbons (Fsp3) is 0.0769. The molecule has 0 saturated heterocycles. The second kappa shape index (κ2) is 4.85. The van der Waals surface area contributed by atoms with Crippen molar-refractivity contribution < 1.29 is 4.39 Å². The number of hydrogen-bond acceptors (Lipinski definition) is 0. The second-order valence-electron chi connectivity index (χ2n) is 3.71. The van der Waals surface area contributed by atoms with Crippen LogP contribution in [0.4, 0.5) is 4.39 Å². The quantitative estimate of drug-likeness (QED) is 0.585. The van der Waals surface area contributed by atoms with Crippen LogP contribution >= 0.6 is 34.8 Å². The lowest BCUT2D eigenvalue weighted by Gasteiger charge is -2.09. The monoisotopic (exact) mass is 288 g/mol. The van der Waals surface area contributed by atoms with Crippen molar-refractivity contribution in [3.63, 3.8) is 0 Å². The normalized spacial score (nSPS) is 10.6. The predicted octanol–water partition coefficient (Wildman–Crippen LogP) is 5.76. The number of hydrogen-bond donors (Lipinski definition) is 0. The maximum Gasteiger partial charge on any atom is 0.123 e. The molecule has 0 atom stereocenters. The smallest absolute Gasteiger partial charge is 0.123 e. The van der Waals surface area contributed by atoms with Gasteiger partial charge in [0.2, 0.25) is 0 Å². The first-order chi connectivity index (χ1) is 7.99. The lowest BCUT2D eigenvalue weighted by atomic mass is 10.0. The van der Waals surface area contributed by atoms with Gasteiger partial charge < -0.3 is 0 Å². The molecule has 0 bridgehead atoms. The van der Waals surface area contributed by atoms with E-state index >= 15 is 0 Å². The molecule has 0 saturated carbocycles. The Balaban J connectivity index is 2.68. The summed E-state index contributed by atoms with van der Waals surface area (Å²) < 4.78 is 13.2. The Hall–Kier alpha value is -0.760. The summed E-state index contributed by atoms with van der Waals surface area (Å²) in [6, 6.07) is 7.74. The average molecular weight is 290 g/mol. The minimum atomic E-state index is -0.312. The molecule has 0 aromatic heterocycles. The Morgan fingerprint density at radius 3 is 2.18 bits per heavy atom. The molecule has 0 radical (unpaired) electrons. The first kappa shape index (κ1) is 12.7. The lowest BCUT2D eigenvalue weighted by molar-refractivity contribution is 0.628. The van der Waals surface area contributed by atoms with Gasteiger partial charge in [0.25, 0.3) is 0 Å². The summed E-state index contributed by atoms with van der Waals surface area (Å²) in [5, 5.41) is 1.23. The predicted molar refractivity (Wildman–Crippen MR) is 71.6 cm³/mol. The molecule has 0 aliphatic carbocycles. The minimum Gasteiger partial charge on any atom is -0.207 e. The number of rotatable bonds is 1. The summed E-state index contributed by atoms with van der Waals surface area (Å²) in [5.74, 6) is -0.312. The van der Waals surface area contributed by atoms with Crippen LogP contribution in [0.2, 0.25) is 15.1 Å². The van der Waals surface area contributed by atoms with E-state index in [4.69, 9.17) is 34.8 Å². The van der Waals surface area contributed by atoms with Crippen LogP contribution in [0.25, 0.3) is 11.1 Å². The SMILES string of the molecule is Cc1ccc(F)cc1-c1cc(Cl)c(Cl)cc1Cl. The van der Waals surface area contributed by atoms with E-state index in [0.29, 0.717) is 26.2 Å². The van der Waals surface area contributed by atoms with Crippen LogP contribution in [0, 0.1) is 12.7 Å². The lowest BCUT2D eigenvalue weighted by Crippen LogP contribution is -1.87. The summed E-state index contributed by atoms with van der Waals surface area (Å²) in [4.78, 5) is 0. The third-order valence-corrected chi connectivity index (χ3v) is 3.53. The van der Waals surface area contributed by atoms with Gasteiger partial charge in [0.15, 0.2) is 0 Å². The van der Waals surface area contributed by atoms with Crippen LogP contribution < -0.4 is 0 Å². The third-order valence-electron chi connectivity index (χ3n) is 2.50. The summed E-state index contributed by atoms with van der Waals surface area (Å²) in [6.45, 7) is 1.88. The Bertz CT molecular complexity index is 579. The molecule has 0 fully saturated rings. The third kappa shape index (κ3) is 2.57. The number of aryl methyl sites for hydroxylation is 1. The first-order valence-corrected chi connectivity index (χ1v) is 6.03. The largest absolute Gasteiger partial charge is 0.207 e. The molecular weight excluding hydrogens is 282 g/mol. The molecule has 2 aromatic rings. The maximum absolute atomic E-state index is 13.2. The molecule has 0 aliphatic rings. The van der Waals surface area contributed by atoms with Gasteiger partial charge in [0, 0.05) is 10.6 Å². The number of halogens is 4. The summed E-state index contributed by atoms with van der Waals surface area (Å²) in [6.07, 6.45) is 0. The van der Waals surface area contributed by atoms with Crippen molar-refractivity contribution in [2.24, 2.45) is 0 Å². The van der Waals surface area contributed by atoms with Crippen molar-refractivity contribution in [3.05, 3.63) is 56.8 Å². The maximum atomic E-state index is 13.2. The van der Waals surface area contributed by atoms with Gasteiger partial charge in [-0.15, -0.1) is 0 Å². The van der Waals surface area contributed by atoms with Crippen LogP contribution in [0.15, 0.2) is 30.3 Å². The van der Waals surface area contributed by atoms with Gasteiger partial charge in [-0.3, -0.25) is 0 Å². The van der Waals surface area contributed by atoms with E-state index in [0.717, 1.165) is 5.56 Å². The highest BCUT2D eigenvalue weighted by molar-refractivity contribution is 6.44. The molecule has 0 aliphatic heterocycles. The van der Waals surface area contributed by atoms with Crippen LogP contribution in [-0.4, -0.2) is 0 Å². The molecular formula is C13H8Cl3F. The highest BCUT2D eigenvalue weighted by Crippen LogP contribution is 2.36. The molecule has 0 N–H and O–H groups in total. The van der Waals surface area contributed by atoms with E-state index in [-0.39, 0.29) is 5.82 Å².